The highest BCUT2D eigenvalue weighted by molar-refractivity contribution is 7.10. The van der Waals surface area contributed by atoms with Crippen molar-refractivity contribution < 1.29 is 8.78 Å². The first-order valence-electron chi connectivity index (χ1n) is 6.16. The summed E-state index contributed by atoms with van der Waals surface area (Å²) in [5.41, 5.74) is 2.46. The average molecular weight is 287 g/mol. The SMILES string of the molecule is Fc1ccc(-c2csc(Cc3ccccc3)n2)cc1F. The Morgan fingerprint density at radius 2 is 1.75 bits per heavy atom. The van der Waals surface area contributed by atoms with Crippen LogP contribution in [0.25, 0.3) is 11.3 Å². The monoisotopic (exact) mass is 287 g/mol. The van der Waals surface area contributed by atoms with Gasteiger partial charge in [0.25, 0.3) is 0 Å². The zero-order valence-electron chi connectivity index (χ0n) is 10.5. The Labute approximate surface area is 119 Å². The van der Waals surface area contributed by atoms with Gasteiger partial charge >= 0.3 is 0 Å². The lowest BCUT2D eigenvalue weighted by molar-refractivity contribution is 0.509. The molecule has 3 rings (SSSR count). The highest BCUT2D eigenvalue weighted by Crippen LogP contribution is 2.24. The molecule has 0 unspecified atom stereocenters. The molecule has 4 heteroatoms. The molecule has 0 saturated heterocycles. The summed E-state index contributed by atoms with van der Waals surface area (Å²) in [7, 11) is 0. The van der Waals surface area contributed by atoms with Gasteiger partial charge in [0.1, 0.15) is 0 Å². The van der Waals surface area contributed by atoms with Crippen molar-refractivity contribution in [3.05, 3.63) is 76.1 Å². The molecule has 3 aromatic rings. The second kappa shape index (κ2) is 5.51. The van der Waals surface area contributed by atoms with E-state index in [9.17, 15) is 8.78 Å². The van der Waals surface area contributed by atoms with Gasteiger partial charge < -0.3 is 0 Å². The molecule has 0 bridgehead atoms. The maximum Gasteiger partial charge on any atom is 0.159 e. The highest BCUT2D eigenvalue weighted by Gasteiger charge is 2.08. The molecule has 0 N–H and O–H groups in total. The van der Waals surface area contributed by atoms with Crippen LogP contribution in [0.2, 0.25) is 0 Å². The Kier molecular flexibility index (Phi) is 3.56. The van der Waals surface area contributed by atoms with Crippen molar-refractivity contribution in [1.29, 1.82) is 0 Å². The van der Waals surface area contributed by atoms with E-state index in [2.05, 4.69) is 4.98 Å². The van der Waals surface area contributed by atoms with Crippen LogP contribution in [0.3, 0.4) is 0 Å². The zero-order valence-corrected chi connectivity index (χ0v) is 11.3. The number of hydrogen-bond donors (Lipinski definition) is 0. The lowest BCUT2D eigenvalue weighted by atomic mass is 10.1. The fourth-order valence-corrected chi connectivity index (χ4v) is 2.79. The number of aromatic nitrogens is 1. The topological polar surface area (TPSA) is 12.9 Å². The summed E-state index contributed by atoms with van der Waals surface area (Å²) in [4.78, 5) is 4.48. The molecule has 0 aliphatic carbocycles. The molecule has 100 valence electrons. The zero-order chi connectivity index (χ0) is 13.9. The fourth-order valence-electron chi connectivity index (χ4n) is 1.95. The largest absolute Gasteiger partial charge is 0.241 e. The van der Waals surface area contributed by atoms with E-state index in [1.165, 1.54) is 23.0 Å². The number of halogens is 2. The molecule has 1 heterocycles. The standard InChI is InChI=1S/C16H11F2NS/c17-13-7-6-12(9-14(13)18)15-10-20-16(19-15)8-11-4-2-1-3-5-11/h1-7,9-10H,8H2. The lowest BCUT2D eigenvalue weighted by Crippen LogP contribution is -1.88. The van der Waals surface area contributed by atoms with Crippen LogP contribution >= 0.6 is 11.3 Å². The van der Waals surface area contributed by atoms with Gasteiger partial charge in [-0.15, -0.1) is 11.3 Å². The molecule has 0 radical (unpaired) electrons. The summed E-state index contributed by atoms with van der Waals surface area (Å²) in [6, 6.07) is 13.9. The molecule has 0 aliphatic rings. The van der Waals surface area contributed by atoms with E-state index in [0.717, 1.165) is 17.5 Å². The smallest absolute Gasteiger partial charge is 0.159 e. The quantitative estimate of drug-likeness (QED) is 0.681. The summed E-state index contributed by atoms with van der Waals surface area (Å²) in [6.45, 7) is 0. The number of rotatable bonds is 3. The third kappa shape index (κ3) is 2.75. The van der Waals surface area contributed by atoms with Gasteiger partial charge in [0.2, 0.25) is 0 Å². The summed E-state index contributed by atoms with van der Waals surface area (Å²) in [6.07, 6.45) is 0.745. The van der Waals surface area contributed by atoms with Crippen molar-refractivity contribution >= 4 is 11.3 Å². The van der Waals surface area contributed by atoms with Crippen molar-refractivity contribution in [2.45, 2.75) is 6.42 Å². The first-order chi connectivity index (χ1) is 9.72. The third-order valence-corrected chi connectivity index (χ3v) is 3.81. The van der Waals surface area contributed by atoms with E-state index in [-0.39, 0.29) is 0 Å². The van der Waals surface area contributed by atoms with Crippen LogP contribution in [0, 0.1) is 11.6 Å². The minimum absolute atomic E-state index is 0.597. The molecule has 0 saturated carbocycles. The minimum atomic E-state index is -0.847. The molecule has 0 aliphatic heterocycles. The average Bonchev–Trinajstić information content (AvgIpc) is 2.91. The predicted molar refractivity (Wildman–Crippen MR) is 76.7 cm³/mol. The normalized spacial score (nSPS) is 10.7. The van der Waals surface area contributed by atoms with Gasteiger partial charge in [-0.05, 0) is 23.8 Å². The Balaban J connectivity index is 1.84. The molecular formula is C16H11F2NS. The van der Waals surface area contributed by atoms with Crippen LogP contribution in [0.15, 0.2) is 53.9 Å². The molecule has 0 spiro atoms. The van der Waals surface area contributed by atoms with Crippen molar-refractivity contribution in [1.82, 2.24) is 4.98 Å². The summed E-state index contributed by atoms with van der Waals surface area (Å²) < 4.78 is 26.1. The van der Waals surface area contributed by atoms with Gasteiger partial charge in [-0.1, -0.05) is 30.3 Å². The van der Waals surface area contributed by atoms with Gasteiger partial charge in [0.15, 0.2) is 11.6 Å². The van der Waals surface area contributed by atoms with Crippen molar-refractivity contribution in [3.63, 3.8) is 0 Å². The summed E-state index contributed by atoms with van der Waals surface area (Å²) in [5.74, 6) is -1.69. The van der Waals surface area contributed by atoms with E-state index >= 15 is 0 Å². The van der Waals surface area contributed by atoms with Gasteiger partial charge in [0.05, 0.1) is 10.7 Å². The molecule has 1 nitrogen and oxygen atoms in total. The number of hydrogen-bond acceptors (Lipinski definition) is 2. The molecule has 0 amide bonds. The molecule has 2 aromatic carbocycles. The van der Waals surface area contributed by atoms with Crippen LogP contribution in [-0.2, 0) is 6.42 Å². The molecule has 0 atom stereocenters. The first kappa shape index (κ1) is 12.9. The van der Waals surface area contributed by atoms with Crippen LogP contribution in [0.5, 0.6) is 0 Å². The van der Waals surface area contributed by atoms with Gasteiger partial charge in [0, 0.05) is 17.4 Å². The number of benzene rings is 2. The van der Waals surface area contributed by atoms with Gasteiger partial charge in [-0.2, -0.15) is 0 Å². The van der Waals surface area contributed by atoms with E-state index in [1.54, 1.807) is 6.07 Å². The van der Waals surface area contributed by atoms with Gasteiger partial charge in [-0.3, -0.25) is 0 Å². The van der Waals surface area contributed by atoms with E-state index in [4.69, 9.17) is 0 Å². The van der Waals surface area contributed by atoms with Crippen LogP contribution in [0.4, 0.5) is 8.78 Å². The maximum absolute atomic E-state index is 13.2. The van der Waals surface area contributed by atoms with Crippen LogP contribution < -0.4 is 0 Å². The second-order valence-electron chi connectivity index (χ2n) is 4.42. The summed E-state index contributed by atoms with van der Waals surface area (Å²) >= 11 is 1.52. The first-order valence-corrected chi connectivity index (χ1v) is 7.04. The number of nitrogens with zero attached hydrogens (tertiary/aromatic N) is 1. The Morgan fingerprint density at radius 1 is 0.950 bits per heavy atom. The van der Waals surface area contributed by atoms with Gasteiger partial charge in [-0.25, -0.2) is 13.8 Å². The second-order valence-corrected chi connectivity index (χ2v) is 5.36. The van der Waals surface area contributed by atoms with E-state index in [1.807, 2.05) is 35.7 Å². The molecular weight excluding hydrogens is 276 g/mol. The predicted octanol–water partition coefficient (Wildman–Crippen LogP) is 4.68. The molecule has 1 aromatic heterocycles. The van der Waals surface area contributed by atoms with Crippen molar-refractivity contribution in [2.24, 2.45) is 0 Å². The lowest BCUT2D eigenvalue weighted by Gasteiger charge is -1.98. The van der Waals surface area contributed by atoms with E-state index < -0.39 is 11.6 Å². The van der Waals surface area contributed by atoms with Crippen molar-refractivity contribution in [3.8, 4) is 11.3 Å². The fraction of sp³-hybridized carbons (Fsp3) is 0.0625. The molecule has 0 fully saturated rings. The number of thiazole rings is 1. The van der Waals surface area contributed by atoms with Crippen molar-refractivity contribution in [2.75, 3.05) is 0 Å². The highest BCUT2D eigenvalue weighted by atomic mass is 32.1. The maximum atomic E-state index is 13.2. The minimum Gasteiger partial charge on any atom is -0.241 e. The summed E-state index contributed by atoms with van der Waals surface area (Å²) in [5, 5.41) is 2.82. The third-order valence-electron chi connectivity index (χ3n) is 2.97. The molecule has 20 heavy (non-hydrogen) atoms. The van der Waals surface area contributed by atoms with Crippen LogP contribution in [0.1, 0.15) is 10.6 Å². The van der Waals surface area contributed by atoms with Crippen LogP contribution in [-0.4, -0.2) is 4.98 Å². The Morgan fingerprint density at radius 3 is 2.50 bits per heavy atom. The Bertz CT molecular complexity index is 722. The Hall–Kier alpha value is -2.07. The van der Waals surface area contributed by atoms with E-state index in [0.29, 0.717) is 11.3 Å².